The maximum atomic E-state index is 12.5. The van der Waals surface area contributed by atoms with Gasteiger partial charge in [0.1, 0.15) is 6.04 Å². The molecular formula is C19H26N2O4. The molecule has 1 saturated heterocycles. The maximum Gasteiger partial charge on any atom is 0.326 e. The average molecular weight is 346 g/mol. The number of hydrogen-bond acceptors (Lipinski definition) is 3. The molecule has 2 rings (SSSR count). The zero-order valence-corrected chi connectivity index (χ0v) is 15.4. The van der Waals surface area contributed by atoms with Crippen molar-refractivity contribution in [3.8, 4) is 0 Å². The zero-order chi connectivity index (χ0) is 18.9. The average Bonchev–Trinajstić information content (AvgIpc) is 2.84. The van der Waals surface area contributed by atoms with Crippen molar-refractivity contribution in [1.82, 2.24) is 5.32 Å². The molecule has 0 saturated carbocycles. The first-order chi connectivity index (χ1) is 11.6. The van der Waals surface area contributed by atoms with Gasteiger partial charge in [0.15, 0.2) is 0 Å². The molecule has 0 radical (unpaired) electrons. The highest BCUT2D eigenvalue weighted by Gasteiger charge is 2.38. The number of nitrogens with one attached hydrogen (secondary N) is 1. The van der Waals surface area contributed by atoms with E-state index in [1.165, 1.54) is 0 Å². The van der Waals surface area contributed by atoms with E-state index >= 15 is 0 Å². The number of carbonyl (C=O) groups excluding carboxylic acids is 2. The van der Waals surface area contributed by atoms with Crippen molar-refractivity contribution < 1.29 is 19.5 Å². The minimum Gasteiger partial charge on any atom is -0.480 e. The summed E-state index contributed by atoms with van der Waals surface area (Å²) >= 11 is 0. The van der Waals surface area contributed by atoms with E-state index in [9.17, 15) is 19.5 Å². The van der Waals surface area contributed by atoms with E-state index in [1.807, 2.05) is 32.9 Å². The van der Waals surface area contributed by atoms with Crippen molar-refractivity contribution in [2.75, 3.05) is 11.4 Å². The van der Waals surface area contributed by atoms with Gasteiger partial charge in [-0.2, -0.15) is 0 Å². The second-order valence-electron chi connectivity index (χ2n) is 7.22. The minimum atomic E-state index is -1.06. The van der Waals surface area contributed by atoms with Crippen molar-refractivity contribution in [2.24, 2.45) is 11.8 Å². The van der Waals surface area contributed by atoms with Gasteiger partial charge in [0, 0.05) is 18.7 Å². The van der Waals surface area contributed by atoms with E-state index in [2.05, 4.69) is 5.32 Å². The fourth-order valence-electron chi connectivity index (χ4n) is 3.48. The number of hydrogen-bond donors (Lipinski definition) is 2. The Balaban J connectivity index is 2.18. The Labute approximate surface area is 148 Å². The largest absolute Gasteiger partial charge is 0.480 e. The summed E-state index contributed by atoms with van der Waals surface area (Å²) in [6.45, 7) is 9.67. The van der Waals surface area contributed by atoms with Crippen LogP contribution in [0.25, 0.3) is 0 Å². The summed E-state index contributed by atoms with van der Waals surface area (Å²) in [6, 6.07) is 3.09. The molecule has 2 atom stereocenters. The van der Waals surface area contributed by atoms with E-state index in [1.54, 1.807) is 18.7 Å². The highest BCUT2D eigenvalue weighted by molar-refractivity contribution is 6.01. The van der Waals surface area contributed by atoms with Crippen molar-refractivity contribution in [1.29, 1.82) is 0 Å². The van der Waals surface area contributed by atoms with Crippen LogP contribution in [0.3, 0.4) is 0 Å². The molecule has 0 bridgehead atoms. The number of carbonyl (C=O) groups is 3. The van der Waals surface area contributed by atoms with E-state index in [0.717, 1.165) is 22.4 Å². The van der Waals surface area contributed by atoms with Crippen LogP contribution in [0.5, 0.6) is 0 Å². The topological polar surface area (TPSA) is 86.7 Å². The van der Waals surface area contributed by atoms with E-state index < -0.39 is 17.9 Å². The van der Waals surface area contributed by atoms with Gasteiger partial charge < -0.3 is 15.3 Å². The Morgan fingerprint density at radius 3 is 2.24 bits per heavy atom. The van der Waals surface area contributed by atoms with Gasteiger partial charge in [-0.05, 0) is 37.8 Å². The van der Waals surface area contributed by atoms with Crippen molar-refractivity contribution in [2.45, 2.75) is 47.1 Å². The number of carboxylic acids is 1. The van der Waals surface area contributed by atoms with Crippen molar-refractivity contribution in [3.05, 3.63) is 28.8 Å². The molecule has 1 unspecified atom stereocenters. The molecule has 1 aliphatic rings. The SMILES string of the molecule is Cc1cc(C)c(N2CC(C(=O)N[C@@H](C(=O)O)C(C)C)CC2=O)c(C)c1. The summed E-state index contributed by atoms with van der Waals surface area (Å²) in [6.07, 6.45) is 0.100. The summed E-state index contributed by atoms with van der Waals surface area (Å²) in [4.78, 5) is 37.8. The van der Waals surface area contributed by atoms with Crippen LogP contribution in [0.2, 0.25) is 0 Å². The number of rotatable bonds is 5. The van der Waals surface area contributed by atoms with Crippen LogP contribution in [-0.4, -0.2) is 35.5 Å². The molecule has 25 heavy (non-hydrogen) atoms. The predicted octanol–water partition coefficient (Wildman–Crippen LogP) is 2.19. The summed E-state index contributed by atoms with van der Waals surface area (Å²) in [5.41, 5.74) is 3.97. The lowest BCUT2D eigenvalue weighted by molar-refractivity contribution is -0.143. The van der Waals surface area contributed by atoms with Gasteiger partial charge in [-0.25, -0.2) is 4.79 Å². The molecule has 1 aromatic carbocycles. The number of aryl methyl sites for hydroxylation is 3. The van der Waals surface area contributed by atoms with E-state index in [-0.39, 0.29) is 30.7 Å². The van der Waals surface area contributed by atoms with Gasteiger partial charge in [-0.15, -0.1) is 0 Å². The third kappa shape index (κ3) is 4.00. The van der Waals surface area contributed by atoms with Crippen LogP contribution in [0.15, 0.2) is 12.1 Å². The highest BCUT2D eigenvalue weighted by Crippen LogP contribution is 2.32. The normalized spacial score (nSPS) is 18.6. The molecule has 1 aliphatic heterocycles. The molecule has 6 heteroatoms. The number of benzene rings is 1. The van der Waals surface area contributed by atoms with Crippen molar-refractivity contribution >= 4 is 23.5 Å². The molecule has 1 aromatic rings. The molecule has 0 aliphatic carbocycles. The van der Waals surface area contributed by atoms with Crippen LogP contribution in [0.4, 0.5) is 5.69 Å². The lowest BCUT2D eigenvalue weighted by atomic mass is 10.0. The summed E-state index contributed by atoms with van der Waals surface area (Å²) < 4.78 is 0. The van der Waals surface area contributed by atoms with E-state index in [0.29, 0.717) is 0 Å². The Morgan fingerprint density at radius 2 is 1.76 bits per heavy atom. The summed E-state index contributed by atoms with van der Waals surface area (Å²) in [5.74, 6) is -2.30. The lowest BCUT2D eigenvalue weighted by Gasteiger charge is -2.23. The first-order valence-electron chi connectivity index (χ1n) is 8.53. The lowest BCUT2D eigenvalue weighted by Crippen LogP contribution is -2.47. The van der Waals surface area contributed by atoms with Crippen molar-refractivity contribution in [3.63, 3.8) is 0 Å². The molecule has 2 amide bonds. The van der Waals surface area contributed by atoms with Gasteiger partial charge in [0.2, 0.25) is 11.8 Å². The zero-order valence-electron chi connectivity index (χ0n) is 15.4. The van der Waals surface area contributed by atoms with Gasteiger partial charge in [-0.3, -0.25) is 9.59 Å². The van der Waals surface area contributed by atoms with Gasteiger partial charge >= 0.3 is 5.97 Å². The Bertz CT molecular complexity index is 688. The Morgan fingerprint density at radius 1 is 1.20 bits per heavy atom. The number of anilines is 1. The minimum absolute atomic E-state index is 0.100. The second kappa shape index (κ2) is 7.25. The van der Waals surface area contributed by atoms with Crippen LogP contribution >= 0.6 is 0 Å². The molecule has 1 fully saturated rings. The molecule has 2 N–H and O–H groups in total. The van der Waals surface area contributed by atoms with Crippen LogP contribution in [0.1, 0.15) is 37.0 Å². The molecule has 136 valence electrons. The molecule has 0 spiro atoms. The van der Waals surface area contributed by atoms with Gasteiger partial charge in [0.05, 0.1) is 5.92 Å². The quantitative estimate of drug-likeness (QED) is 0.856. The fourth-order valence-corrected chi connectivity index (χ4v) is 3.48. The standard InChI is InChI=1S/C19H26N2O4/c1-10(2)16(19(24)25)20-18(23)14-8-15(22)21(9-14)17-12(4)6-11(3)7-13(17)5/h6-7,10,14,16H,8-9H2,1-5H3,(H,20,23)(H,24,25)/t14?,16-/m1/s1. The Hall–Kier alpha value is -2.37. The Kier molecular flexibility index (Phi) is 5.50. The summed E-state index contributed by atoms with van der Waals surface area (Å²) in [7, 11) is 0. The number of amides is 2. The molecule has 1 heterocycles. The van der Waals surface area contributed by atoms with Crippen LogP contribution in [-0.2, 0) is 14.4 Å². The van der Waals surface area contributed by atoms with Crippen LogP contribution in [0, 0.1) is 32.6 Å². The first kappa shape index (κ1) is 19.0. The van der Waals surface area contributed by atoms with Gasteiger partial charge in [-0.1, -0.05) is 31.5 Å². The third-order valence-electron chi connectivity index (χ3n) is 4.63. The molecular weight excluding hydrogens is 320 g/mol. The van der Waals surface area contributed by atoms with Gasteiger partial charge in [0.25, 0.3) is 0 Å². The van der Waals surface area contributed by atoms with Crippen LogP contribution < -0.4 is 10.2 Å². The third-order valence-corrected chi connectivity index (χ3v) is 4.63. The smallest absolute Gasteiger partial charge is 0.326 e. The van der Waals surface area contributed by atoms with E-state index in [4.69, 9.17) is 0 Å². The predicted molar refractivity (Wildman–Crippen MR) is 95.5 cm³/mol. The summed E-state index contributed by atoms with van der Waals surface area (Å²) in [5, 5.41) is 11.8. The molecule has 0 aromatic heterocycles. The molecule has 6 nitrogen and oxygen atoms in total. The maximum absolute atomic E-state index is 12.5. The number of aliphatic carboxylic acids is 1. The first-order valence-corrected chi connectivity index (χ1v) is 8.53. The fraction of sp³-hybridized carbons (Fsp3) is 0.526. The highest BCUT2D eigenvalue weighted by atomic mass is 16.4. The monoisotopic (exact) mass is 346 g/mol. The number of carboxylic acid groups (broad SMARTS) is 1. The number of nitrogens with zero attached hydrogens (tertiary/aromatic N) is 1. The second-order valence-corrected chi connectivity index (χ2v) is 7.22.